The highest BCUT2D eigenvalue weighted by Crippen LogP contribution is 2.31. The minimum atomic E-state index is -0.854. The standard InChI is InChI=1S/C11H12ClFO3/c1-16-11-7(3-2-4-9(14)15)5-6-8(13)10(11)12/h5-6H,2-4H2,1H3,(H,14,15). The van der Waals surface area contributed by atoms with Crippen molar-refractivity contribution in [3.63, 3.8) is 0 Å². The van der Waals surface area contributed by atoms with Crippen LogP contribution in [-0.2, 0) is 11.2 Å². The van der Waals surface area contributed by atoms with Crippen molar-refractivity contribution in [3.05, 3.63) is 28.5 Å². The third kappa shape index (κ3) is 3.10. The molecule has 0 aliphatic carbocycles. The first-order valence-corrected chi connectivity index (χ1v) is 5.16. The summed E-state index contributed by atoms with van der Waals surface area (Å²) in [7, 11) is 1.40. The van der Waals surface area contributed by atoms with Gasteiger partial charge in [0.1, 0.15) is 16.6 Å². The highest BCUT2D eigenvalue weighted by Gasteiger charge is 2.12. The van der Waals surface area contributed by atoms with E-state index in [4.69, 9.17) is 21.4 Å². The zero-order valence-electron chi connectivity index (χ0n) is 8.80. The highest BCUT2D eigenvalue weighted by molar-refractivity contribution is 6.32. The maximum atomic E-state index is 13.1. The zero-order chi connectivity index (χ0) is 12.1. The summed E-state index contributed by atoms with van der Waals surface area (Å²) in [5.74, 6) is -1.11. The number of carbonyl (C=O) groups is 1. The topological polar surface area (TPSA) is 46.5 Å². The number of methoxy groups -OCH3 is 1. The van der Waals surface area contributed by atoms with Crippen molar-refractivity contribution in [2.24, 2.45) is 0 Å². The van der Waals surface area contributed by atoms with Gasteiger partial charge in [-0.15, -0.1) is 0 Å². The van der Waals surface area contributed by atoms with Gasteiger partial charge in [0.2, 0.25) is 0 Å². The Bertz CT molecular complexity index is 393. The molecule has 1 aromatic carbocycles. The van der Waals surface area contributed by atoms with Crippen LogP contribution < -0.4 is 4.74 Å². The second kappa shape index (κ2) is 5.70. The van der Waals surface area contributed by atoms with E-state index in [0.717, 1.165) is 5.56 Å². The molecule has 0 aromatic heterocycles. The Morgan fingerprint density at radius 3 is 2.81 bits per heavy atom. The summed E-state index contributed by atoms with van der Waals surface area (Å²) in [6, 6.07) is 2.81. The van der Waals surface area contributed by atoms with Gasteiger partial charge in [0.25, 0.3) is 0 Å². The second-order valence-corrected chi connectivity index (χ2v) is 3.68. The largest absolute Gasteiger partial charge is 0.495 e. The van der Waals surface area contributed by atoms with Crippen LogP contribution in [0.1, 0.15) is 18.4 Å². The van der Waals surface area contributed by atoms with Crippen LogP contribution in [-0.4, -0.2) is 18.2 Å². The van der Waals surface area contributed by atoms with Gasteiger partial charge in [0.05, 0.1) is 7.11 Å². The van der Waals surface area contributed by atoms with Gasteiger partial charge in [-0.2, -0.15) is 0 Å². The predicted octanol–water partition coefficient (Wildman–Crippen LogP) is 2.90. The molecular weight excluding hydrogens is 235 g/mol. The van der Waals surface area contributed by atoms with Crippen molar-refractivity contribution < 1.29 is 19.0 Å². The van der Waals surface area contributed by atoms with E-state index in [0.29, 0.717) is 12.8 Å². The number of rotatable bonds is 5. The molecule has 0 aliphatic rings. The van der Waals surface area contributed by atoms with E-state index in [2.05, 4.69) is 0 Å². The Balaban J connectivity index is 2.79. The smallest absolute Gasteiger partial charge is 0.303 e. The number of aliphatic carboxylic acids is 1. The molecule has 88 valence electrons. The molecular formula is C11H12ClFO3. The average Bonchev–Trinajstić information content (AvgIpc) is 2.23. The summed E-state index contributed by atoms with van der Waals surface area (Å²) in [6.45, 7) is 0. The lowest BCUT2D eigenvalue weighted by atomic mass is 10.1. The van der Waals surface area contributed by atoms with E-state index in [9.17, 15) is 9.18 Å². The fraction of sp³-hybridized carbons (Fsp3) is 0.364. The summed E-state index contributed by atoms with van der Waals surface area (Å²) in [6.07, 6.45) is 1.03. The Kier molecular flexibility index (Phi) is 4.55. The Labute approximate surface area is 97.8 Å². The van der Waals surface area contributed by atoms with Crippen molar-refractivity contribution >= 4 is 17.6 Å². The highest BCUT2D eigenvalue weighted by atomic mass is 35.5. The molecule has 16 heavy (non-hydrogen) atoms. The summed E-state index contributed by atoms with van der Waals surface area (Å²) < 4.78 is 18.1. The van der Waals surface area contributed by atoms with Gasteiger partial charge in [-0.25, -0.2) is 4.39 Å². The normalized spacial score (nSPS) is 10.2. The maximum absolute atomic E-state index is 13.1. The van der Waals surface area contributed by atoms with Crippen molar-refractivity contribution in [1.82, 2.24) is 0 Å². The van der Waals surface area contributed by atoms with E-state index in [-0.39, 0.29) is 17.2 Å². The molecule has 1 rings (SSSR count). The molecule has 0 fully saturated rings. The third-order valence-electron chi connectivity index (χ3n) is 2.17. The summed E-state index contributed by atoms with van der Waals surface area (Å²) in [5, 5.41) is 8.44. The maximum Gasteiger partial charge on any atom is 0.303 e. The van der Waals surface area contributed by atoms with Crippen molar-refractivity contribution in [3.8, 4) is 5.75 Å². The third-order valence-corrected chi connectivity index (χ3v) is 2.52. The molecule has 0 atom stereocenters. The number of carboxylic acid groups (broad SMARTS) is 1. The number of benzene rings is 1. The number of carboxylic acids is 1. The van der Waals surface area contributed by atoms with Crippen LogP contribution in [0.15, 0.2) is 12.1 Å². The monoisotopic (exact) mass is 246 g/mol. The molecule has 0 radical (unpaired) electrons. The molecule has 0 saturated carbocycles. The quantitative estimate of drug-likeness (QED) is 0.869. The van der Waals surface area contributed by atoms with Crippen LogP contribution in [0.2, 0.25) is 5.02 Å². The minimum Gasteiger partial charge on any atom is -0.495 e. The summed E-state index contributed by atoms with van der Waals surface area (Å²) in [4.78, 5) is 10.3. The molecule has 0 aliphatic heterocycles. The van der Waals surface area contributed by atoms with Gasteiger partial charge < -0.3 is 9.84 Å². The average molecular weight is 247 g/mol. The van der Waals surface area contributed by atoms with Crippen LogP contribution in [0.4, 0.5) is 4.39 Å². The van der Waals surface area contributed by atoms with Crippen LogP contribution in [0.25, 0.3) is 0 Å². The first-order chi connectivity index (χ1) is 7.56. The van der Waals surface area contributed by atoms with Crippen LogP contribution in [0.3, 0.4) is 0 Å². The van der Waals surface area contributed by atoms with Crippen molar-refractivity contribution in [1.29, 1.82) is 0 Å². The lowest BCUT2D eigenvalue weighted by Gasteiger charge is -2.10. The Hall–Kier alpha value is -1.29. The molecule has 3 nitrogen and oxygen atoms in total. The number of aryl methyl sites for hydroxylation is 1. The molecule has 1 N–H and O–H groups in total. The number of hydrogen-bond donors (Lipinski definition) is 1. The first kappa shape index (κ1) is 12.8. The molecule has 1 aromatic rings. The van der Waals surface area contributed by atoms with Crippen molar-refractivity contribution in [2.45, 2.75) is 19.3 Å². The number of halogens is 2. The van der Waals surface area contributed by atoms with Gasteiger partial charge in [0.15, 0.2) is 0 Å². The van der Waals surface area contributed by atoms with E-state index in [1.54, 1.807) is 6.07 Å². The Morgan fingerprint density at radius 1 is 1.56 bits per heavy atom. The lowest BCUT2D eigenvalue weighted by molar-refractivity contribution is -0.137. The summed E-state index contributed by atoms with van der Waals surface area (Å²) >= 11 is 5.72. The van der Waals surface area contributed by atoms with Gasteiger partial charge in [0, 0.05) is 6.42 Å². The molecule has 0 saturated heterocycles. The van der Waals surface area contributed by atoms with Crippen LogP contribution in [0, 0.1) is 5.82 Å². The molecule has 0 heterocycles. The predicted molar refractivity (Wildman–Crippen MR) is 58.5 cm³/mol. The molecule has 0 amide bonds. The van der Waals surface area contributed by atoms with E-state index >= 15 is 0 Å². The SMILES string of the molecule is COc1c(CCCC(=O)O)ccc(F)c1Cl. The van der Waals surface area contributed by atoms with Gasteiger partial charge >= 0.3 is 5.97 Å². The molecule has 5 heteroatoms. The van der Waals surface area contributed by atoms with Gasteiger partial charge in [-0.05, 0) is 24.5 Å². The number of hydrogen-bond acceptors (Lipinski definition) is 2. The van der Waals surface area contributed by atoms with Gasteiger partial charge in [-0.1, -0.05) is 17.7 Å². The molecule has 0 spiro atoms. The second-order valence-electron chi connectivity index (χ2n) is 3.30. The fourth-order valence-electron chi connectivity index (χ4n) is 1.42. The van der Waals surface area contributed by atoms with E-state index in [1.807, 2.05) is 0 Å². The van der Waals surface area contributed by atoms with Gasteiger partial charge in [-0.3, -0.25) is 4.79 Å². The van der Waals surface area contributed by atoms with Crippen LogP contribution in [0.5, 0.6) is 5.75 Å². The fourth-order valence-corrected chi connectivity index (χ4v) is 1.68. The van der Waals surface area contributed by atoms with Crippen LogP contribution >= 0.6 is 11.6 Å². The van der Waals surface area contributed by atoms with E-state index < -0.39 is 11.8 Å². The van der Waals surface area contributed by atoms with E-state index in [1.165, 1.54) is 13.2 Å². The van der Waals surface area contributed by atoms with Crippen molar-refractivity contribution in [2.75, 3.05) is 7.11 Å². The number of ether oxygens (including phenoxy) is 1. The summed E-state index contributed by atoms with van der Waals surface area (Å²) in [5.41, 5.74) is 0.718. The lowest BCUT2D eigenvalue weighted by Crippen LogP contribution is -1.99. The molecule has 0 unspecified atom stereocenters. The molecule has 0 bridgehead atoms. The minimum absolute atomic E-state index is 0.0599. The first-order valence-electron chi connectivity index (χ1n) is 4.79. The Morgan fingerprint density at radius 2 is 2.25 bits per heavy atom. The zero-order valence-corrected chi connectivity index (χ0v) is 9.55.